The van der Waals surface area contributed by atoms with E-state index in [2.05, 4.69) is 20.6 Å². The molecule has 2 aromatic heterocycles. The molecule has 0 spiro atoms. The number of carbonyl (C=O) groups excluding carboxylic acids is 1. The van der Waals surface area contributed by atoms with Gasteiger partial charge in [-0.05, 0) is 35.9 Å². The number of aromatic nitrogens is 4. The lowest BCUT2D eigenvalue weighted by atomic mass is 10.2. The van der Waals surface area contributed by atoms with Gasteiger partial charge in [0.05, 0.1) is 5.69 Å². The van der Waals surface area contributed by atoms with E-state index in [0.29, 0.717) is 73.6 Å². The predicted octanol–water partition coefficient (Wildman–Crippen LogP) is 3.81. The summed E-state index contributed by atoms with van der Waals surface area (Å²) in [6, 6.07) is 18.0. The molecular formula is C25H25ClFN7O. The van der Waals surface area contributed by atoms with Gasteiger partial charge < -0.3 is 15.1 Å². The SMILES string of the molecule is O=C(CCc1nnc2ccc(NCc3ccccc3Cl)nn12)N1CCN(c2ccccc2F)CC1. The third-order valence-electron chi connectivity index (χ3n) is 6.13. The van der Waals surface area contributed by atoms with E-state index in [4.69, 9.17) is 11.6 Å². The maximum atomic E-state index is 14.1. The van der Waals surface area contributed by atoms with Gasteiger partial charge in [-0.3, -0.25) is 4.79 Å². The summed E-state index contributed by atoms with van der Waals surface area (Å²) < 4.78 is 15.7. The first-order chi connectivity index (χ1) is 17.1. The van der Waals surface area contributed by atoms with Gasteiger partial charge in [0.25, 0.3) is 0 Å². The van der Waals surface area contributed by atoms with Gasteiger partial charge in [0, 0.05) is 50.6 Å². The van der Waals surface area contributed by atoms with Crippen LogP contribution in [-0.2, 0) is 17.8 Å². The first-order valence-electron chi connectivity index (χ1n) is 11.5. The van der Waals surface area contributed by atoms with E-state index in [-0.39, 0.29) is 11.7 Å². The van der Waals surface area contributed by atoms with E-state index in [1.807, 2.05) is 52.3 Å². The largest absolute Gasteiger partial charge is 0.366 e. The highest BCUT2D eigenvalue weighted by molar-refractivity contribution is 6.31. The minimum atomic E-state index is -0.237. The van der Waals surface area contributed by atoms with Crippen molar-refractivity contribution in [2.75, 3.05) is 36.4 Å². The molecule has 1 saturated heterocycles. The summed E-state index contributed by atoms with van der Waals surface area (Å²) >= 11 is 6.23. The quantitative estimate of drug-likeness (QED) is 0.422. The third-order valence-corrected chi connectivity index (χ3v) is 6.50. The van der Waals surface area contributed by atoms with E-state index in [9.17, 15) is 9.18 Å². The minimum absolute atomic E-state index is 0.0444. The summed E-state index contributed by atoms with van der Waals surface area (Å²) in [7, 11) is 0. The Kier molecular flexibility index (Phi) is 6.76. The molecule has 1 fully saturated rings. The lowest BCUT2D eigenvalue weighted by Gasteiger charge is -2.36. The Labute approximate surface area is 207 Å². The van der Waals surface area contributed by atoms with Crippen molar-refractivity contribution < 1.29 is 9.18 Å². The molecule has 0 bridgehead atoms. The highest BCUT2D eigenvalue weighted by atomic mass is 35.5. The molecule has 10 heteroatoms. The van der Waals surface area contributed by atoms with E-state index < -0.39 is 0 Å². The Hall–Kier alpha value is -3.72. The Morgan fingerprint density at radius 2 is 1.74 bits per heavy atom. The molecule has 2 aromatic carbocycles. The number of fused-ring (bicyclic) bond motifs is 1. The van der Waals surface area contributed by atoms with Crippen molar-refractivity contribution in [2.24, 2.45) is 0 Å². The number of carbonyl (C=O) groups is 1. The highest BCUT2D eigenvalue weighted by Gasteiger charge is 2.23. The zero-order chi connectivity index (χ0) is 24.2. The lowest BCUT2D eigenvalue weighted by molar-refractivity contribution is -0.131. The highest BCUT2D eigenvalue weighted by Crippen LogP contribution is 2.21. The molecule has 0 atom stereocenters. The first-order valence-corrected chi connectivity index (χ1v) is 11.9. The number of para-hydroxylation sites is 1. The number of hydrogen-bond acceptors (Lipinski definition) is 6. The Morgan fingerprint density at radius 3 is 2.54 bits per heavy atom. The summed E-state index contributed by atoms with van der Waals surface area (Å²) in [5, 5.41) is 17.0. The van der Waals surface area contributed by atoms with Gasteiger partial charge in [0.15, 0.2) is 11.5 Å². The normalized spacial score (nSPS) is 13.9. The number of anilines is 2. The molecule has 1 aliphatic rings. The van der Waals surface area contributed by atoms with Crippen LogP contribution in [0.1, 0.15) is 17.8 Å². The van der Waals surface area contributed by atoms with Crippen LogP contribution >= 0.6 is 11.6 Å². The number of benzene rings is 2. The molecule has 3 heterocycles. The van der Waals surface area contributed by atoms with Gasteiger partial charge >= 0.3 is 0 Å². The predicted molar refractivity (Wildman–Crippen MR) is 133 cm³/mol. The average Bonchev–Trinajstić information content (AvgIpc) is 3.29. The van der Waals surface area contributed by atoms with E-state index >= 15 is 0 Å². The van der Waals surface area contributed by atoms with Crippen LogP contribution in [-0.4, -0.2) is 56.8 Å². The Balaban J connectivity index is 1.18. The number of aryl methyl sites for hydroxylation is 1. The van der Waals surface area contributed by atoms with Crippen LogP contribution in [0.5, 0.6) is 0 Å². The molecule has 1 amide bonds. The molecule has 8 nitrogen and oxygen atoms in total. The van der Waals surface area contributed by atoms with Crippen LogP contribution in [0.2, 0.25) is 5.02 Å². The summed E-state index contributed by atoms with van der Waals surface area (Å²) in [6.07, 6.45) is 0.730. The second kappa shape index (κ2) is 10.3. The fourth-order valence-electron chi connectivity index (χ4n) is 4.19. The molecule has 0 radical (unpaired) electrons. The lowest BCUT2D eigenvalue weighted by Crippen LogP contribution is -2.49. The van der Waals surface area contributed by atoms with Crippen LogP contribution < -0.4 is 10.2 Å². The maximum absolute atomic E-state index is 14.1. The zero-order valence-electron chi connectivity index (χ0n) is 19.1. The number of piperazine rings is 1. The molecule has 5 rings (SSSR count). The summed E-state index contributed by atoms with van der Waals surface area (Å²) in [6.45, 7) is 2.85. The second-order valence-electron chi connectivity index (χ2n) is 8.37. The van der Waals surface area contributed by atoms with Crippen LogP contribution in [0.3, 0.4) is 0 Å². The minimum Gasteiger partial charge on any atom is -0.366 e. The summed E-state index contributed by atoms with van der Waals surface area (Å²) in [5.41, 5.74) is 2.18. The van der Waals surface area contributed by atoms with Gasteiger partial charge in [-0.25, -0.2) is 4.39 Å². The molecule has 0 unspecified atom stereocenters. The second-order valence-corrected chi connectivity index (χ2v) is 8.78. The average molecular weight is 494 g/mol. The van der Waals surface area contributed by atoms with Crippen LogP contribution in [0, 0.1) is 5.82 Å². The van der Waals surface area contributed by atoms with Crippen molar-refractivity contribution >= 4 is 34.7 Å². The van der Waals surface area contributed by atoms with Crippen molar-refractivity contribution in [1.29, 1.82) is 0 Å². The third kappa shape index (κ3) is 5.19. The molecule has 180 valence electrons. The summed E-state index contributed by atoms with van der Waals surface area (Å²) in [5.74, 6) is 1.09. The van der Waals surface area contributed by atoms with Gasteiger partial charge in [-0.1, -0.05) is 41.9 Å². The standard InChI is InChI=1S/C25H25ClFN7O/c26-19-6-2-1-5-18(19)17-28-22-9-10-23-29-30-24(34(23)31-22)11-12-25(35)33-15-13-32(14-16-33)21-8-4-3-7-20(21)27/h1-10H,11-17H2,(H,28,31). The monoisotopic (exact) mass is 493 g/mol. The molecular weight excluding hydrogens is 469 g/mol. The Bertz CT molecular complexity index is 1340. The number of halogens is 2. The van der Waals surface area contributed by atoms with Crippen molar-refractivity contribution in [3.05, 3.63) is 82.9 Å². The number of amides is 1. The molecule has 0 saturated carbocycles. The molecule has 0 aliphatic carbocycles. The molecule has 35 heavy (non-hydrogen) atoms. The smallest absolute Gasteiger partial charge is 0.223 e. The van der Waals surface area contributed by atoms with Crippen molar-refractivity contribution in [2.45, 2.75) is 19.4 Å². The number of hydrogen-bond donors (Lipinski definition) is 1. The van der Waals surface area contributed by atoms with E-state index in [1.165, 1.54) is 6.07 Å². The van der Waals surface area contributed by atoms with Crippen molar-refractivity contribution in [1.82, 2.24) is 24.7 Å². The van der Waals surface area contributed by atoms with Crippen LogP contribution in [0.4, 0.5) is 15.9 Å². The number of nitrogens with zero attached hydrogens (tertiary/aromatic N) is 6. The zero-order valence-corrected chi connectivity index (χ0v) is 19.8. The van der Waals surface area contributed by atoms with Gasteiger partial charge in [-0.15, -0.1) is 15.3 Å². The van der Waals surface area contributed by atoms with E-state index in [0.717, 1.165) is 5.56 Å². The van der Waals surface area contributed by atoms with Crippen molar-refractivity contribution in [3.8, 4) is 0 Å². The molecule has 1 N–H and O–H groups in total. The fourth-order valence-corrected chi connectivity index (χ4v) is 4.40. The Morgan fingerprint density at radius 1 is 0.971 bits per heavy atom. The maximum Gasteiger partial charge on any atom is 0.223 e. The first kappa shape index (κ1) is 23.0. The summed E-state index contributed by atoms with van der Waals surface area (Å²) in [4.78, 5) is 16.6. The number of nitrogens with one attached hydrogen (secondary N) is 1. The van der Waals surface area contributed by atoms with Gasteiger partial charge in [0.1, 0.15) is 11.6 Å². The van der Waals surface area contributed by atoms with Gasteiger partial charge in [0.2, 0.25) is 5.91 Å². The van der Waals surface area contributed by atoms with Crippen molar-refractivity contribution in [3.63, 3.8) is 0 Å². The van der Waals surface area contributed by atoms with Crippen LogP contribution in [0.25, 0.3) is 5.65 Å². The van der Waals surface area contributed by atoms with E-state index in [1.54, 1.807) is 16.6 Å². The van der Waals surface area contributed by atoms with Gasteiger partial charge in [-0.2, -0.15) is 4.52 Å². The fraction of sp³-hybridized carbons (Fsp3) is 0.280. The molecule has 1 aliphatic heterocycles. The van der Waals surface area contributed by atoms with Crippen LogP contribution in [0.15, 0.2) is 60.7 Å². The number of rotatable bonds is 7. The molecule has 4 aromatic rings. The topological polar surface area (TPSA) is 78.7 Å².